The molecule has 0 radical (unpaired) electrons. The summed E-state index contributed by atoms with van der Waals surface area (Å²) in [4.78, 5) is 0. The lowest BCUT2D eigenvalue weighted by Crippen LogP contribution is -1.74. The molecule has 0 saturated heterocycles. The van der Waals surface area contributed by atoms with Crippen LogP contribution in [0.2, 0.25) is 6.55 Å². The van der Waals surface area contributed by atoms with E-state index in [1.807, 2.05) is 0 Å². The Morgan fingerprint density at radius 1 is 2.00 bits per heavy atom. The summed E-state index contributed by atoms with van der Waals surface area (Å²) in [5.41, 5.74) is 0. The van der Waals surface area contributed by atoms with Crippen LogP contribution in [0.15, 0.2) is 0 Å². The molecule has 3 heteroatoms. The molecule has 0 N–H and O–H groups in total. The first-order chi connectivity index (χ1) is 1.73. The maximum absolute atomic E-state index is 11.1. The molecule has 0 saturated carbocycles. The first-order valence-corrected chi connectivity index (χ1v) is 5.79. The lowest BCUT2D eigenvalue weighted by atomic mass is 11.9. The fourth-order valence-electron chi connectivity index (χ4n) is 0. The van der Waals surface area contributed by atoms with Crippen molar-refractivity contribution in [1.82, 2.24) is 0 Å². The van der Waals surface area contributed by atoms with Crippen LogP contribution in [-0.2, 0) is 0 Å². The standard InChI is InChI=1S/CH4BrFSi/c1-4(2)3/h4H,1H3. The van der Waals surface area contributed by atoms with Crippen molar-refractivity contribution in [2.45, 2.75) is 6.55 Å². The average molecular weight is 143 g/mol. The van der Waals surface area contributed by atoms with Crippen LogP contribution in [0.1, 0.15) is 0 Å². The average Bonchev–Trinajstić information content (AvgIpc) is 0.811. The van der Waals surface area contributed by atoms with E-state index < -0.39 is 7.75 Å². The topological polar surface area (TPSA) is 0 Å². The second-order valence-electron chi connectivity index (χ2n) is 0.519. The van der Waals surface area contributed by atoms with Gasteiger partial charge in [-0.05, 0) is 6.55 Å². The highest BCUT2D eigenvalue weighted by atomic mass is 79.9. The molecule has 4 heavy (non-hydrogen) atoms. The highest BCUT2D eigenvalue weighted by molar-refractivity contribution is 9.24. The predicted octanol–water partition coefficient (Wildman–Crippen LogP) is 1.20. The third-order valence-corrected chi connectivity index (χ3v) is 0. The summed E-state index contributed by atoms with van der Waals surface area (Å²) in [6, 6.07) is 0. The van der Waals surface area contributed by atoms with Crippen LogP contribution in [0.25, 0.3) is 0 Å². The van der Waals surface area contributed by atoms with E-state index in [1.165, 1.54) is 0 Å². The van der Waals surface area contributed by atoms with Crippen LogP contribution >= 0.6 is 15.3 Å². The minimum absolute atomic E-state index is 1.56. The summed E-state index contributed by atoms with van der Waals surface area (Å²) < 4.78 is 11.1. The largest absolute Gasteiger partial charge is 0.304 e. The van der Waals surface area contributed by atoms with Crippen molar-refractivity contribution in [2.24, 2.45) is 0 Å². The lowest BCUT2D eigenvalue weighted by Gasteiger charge is -1.67. The van der Waals surface area contributed by atoms with Gasteiger partial charge < -0.3 is 4.11 Å². The van der Waals surface area contributed by atoms with Gasteiger partial charge in [0.1, 0.15) is 0 Å². The monoisotopic (exact) mass is 142 g/mol. The van der Waals surface area contributed by atoms with E-state index in [0.29, 0.717) is 0 Å². The summed E-state index contributed by atoms with van der Waals surface area (Å²) in [6.07, 6.45) is 0. The molecule has 0 aromatic heterocycles. The number of hydrogen-bond acceptors (Lipinski definition) is 0. The van der Waals surface area contributed by atoms with Gasteiger partial charge in [0.05, 0.1) is 0 Å². The second-order valence-corrected chi connectivity index (χ2v) is 5.34. The number of hydrogen-bond donors (Lipinski definition) is 0. The molecule has 0 nitrogen and oxygen atoms in total. The maximum Gasteiger partial charge on any atom is 0.297 e. The van der Waals surface area contributed by atoms with Gasteiger partial charge in [-0.15, -0.1) is 0 Å². The second kappa shape index (κ2) is 1.90. The van der Waals surface area contributed by atoms with Gasteiger partial charge in [-0.2, -0.15) is 0 Å². The van der Waals surface area contributed by atoms with E-state index >= 15 is 0 Å². The van der Waals surface area contributed by atoms with Crippen LogP contribution in [0.4, 0.5) is 4.11 Å². The van der Waals surface area contributed by atoms with E-state index in [2.05, 4.69) is 15.3 Å². The quantitative estimate of drug-likeness (QED) is 0.353. The molecule has 0 aromatic rings. The van der Waals surface area contributed by atoms with Crippen molar-refractivity contribution in [1.29, 1.82) is 0 Å². The Labute approximate surface area is 34.4 Å². The molecule has 0 aliphatic rings. The Hall–Kier alpha value is 0.627. The number of rotatable bonds is 0. The maximum atomic E-state index is 11.1. The molecule has 0 aliphatic carbocycles. The van der Waals surface area contributed by atoms with Crippen molar-refractivity contribution in [3.05, 3.63) is 0 Å². The molecule has 0 fully saturated rings. The van der Waals surface area contributed by atoms with E-state index in [4.69, 9.17) is 0 Å². The highest BCUT2D eigenvalue weighted by Crippen LogP contribution is 1.88. The Bertz CT molecular complexity index is 12.8. The van der Waals surface area contributed by atoms with Crippen molar-refractivity contribution in [3.8, 4) is 0 Å². The van der Waals surface area contributed by atoms with Crippen LogP contribution in [0, 0.1) is 0 Å². The smallest absolute Gasteiger partial charge is 0.297 e. The Morgan fingerprint density at radius 2 is 2.00 bits per heavy atom. The zero-order valence-corrected chi connectivity index (χ0v) is 5.07. The van der Waals surface area contributed by atoms with E-state index in [1.54, 1.807) is 6.55 Å². The normalized spacial score (nSPS) is 15.8. The third kappa shape index (κ3) is 17.7. The molecule has 1 unspecified atom stereocenters. The predicted molar refractivity (Wildman–Crippen MR) is 23.0 cm³/mol. The minimum Gasteiger partial charge on any atom is -0.304 e. The van der Waals surface area contributed by atoms with Crippen LogP contribution in [0.5, 0.6) is 0 Å². The van der Waals surface area contributed by atoms with Gasteiger partial charge in [0.2, 0.25) is 0 Å². The fraction of sp³-hybridized carbons (Fsp3) is 1.00. The van der Waals surface area contributed by atoms with Crippen molar-refractivity contribution in [2.75, 3.05) is 0 Å². The fourth-order valence-corrected chi connectivity index (χ4v) is 0. The molecular formula is CH4BrFSi. The van der Waals surface area contributed by atoms with E-state index in [-0.39, 0.29) is 0 Å². The van der Waals surface area contributed by atoms with Gasteiger partial charge in [-0.3, -0.25) is 0 Å². The Balaban J connectivity index is 2.32. The highest BCUT2D eigenvalue weighted by Gasteiger charge is 1.83. The molecule has 0 aliphatic heterocycles. The van der Waals surface area contributed by atoms with Gasteiger partial charge in [0, 0.05) is 0 Å². The van der Waals surface area contributed by atoms with Crippen molar-refractivity contribution in [3.63, 3.8) is 0 Å². The summed E-state index contributed by atoms with van der Waals surface area (Å²) in [6.45, 7) is 1.56. The summed E-state index contributed by atoms with van der Waals surface area (Å²) in [5, 5.41) is 0. The van der Waals surface area contributed by atoms with Crippen molar-refractivity contribution >= 4 is 23.0 Å². The zero-order chi connectivity index (χ0) is 3.58. The van der Waals surface area contributed by atoms with E-state index in [0.717, 1.165) is 0 Å². The molecule has 1 atom stereocenters. The summed E-state index contributed by atoms with van der Waals surface area (Å²) in [7, 11) is -1.83. The molecular weight excluding hydrogens is 139 g/mol. The van der Waals surface area contributed by atoms with Crippen LogP contribution in [0.3, 0.4) is 0 Å². The van der Waals surface area contributed by atoms with E-state index in [9.17, 15) is 4.11 Å². The zero-order valence-electron chi connectivity index (χ0n) is 2.33. The molecule has 0 bridgehead atoms. The van der Waals surface area contributed by atoms with Gasteiger partial charge in [-0.1, -0.05) is 15.3 Å². The SMILES string of the molecule is C[SiH](F)Br. The van der Waals surface area contributed by atoms with Crippen molar-refractivity contribution < 1.29 is 4.11 Å². The molecule has 0 spiro atoms. The van der Waals surface area contributed by atoms with Gasteiger partial charge >= 0.3 is 0 Å². The first kappa shape index (κ1) is 4.63. The molecule has 26 valence electrons. The number of halogens is 2. The summed E-state index contributed by atoms with van der Waals surface area (Å²) in [5.74, 6) is 0. The van der Waals surface area contributed by atoms with Crippen LogP contribution < -0.4 is 0 Å². The molecule has 0 rings (SSSR count). The summed E-state index contributed by atoms with van der Waals surface area (Å²) >= 11 is 2.74. The lowest BCUT2D eigenvalue weighted by molar-refractivity contribution is 0.871. The third-order valence-electron chi connectivity index (χ3n) is 0. The molecule has 0 amide bonds. The Kier molecular flexibility index (Phi) is 2.20. The molecule has 0 heterocycles. The van der Waals surface area contributed by atoms with Gasteiger partial charge in [-0.25, -0.2) is 0 Å². The first-order valence-electron chi connectivity index (χ1n) is 1.01. The minimum atomic E-state index is -1.83. The van der Waals surface area contributed by atoms with Gasteiger partial charge in [0.15, 0.2) is 0 Å². The Morgan fingerprint density at radius 3 is 2.00 bits per heavy atom. The van der Waals surface area contributed by atoms with Crippen LogP contribution in [-0.4, -0.2) is 7.75 Å². The van der Waals surface area contributed by atoms with Gasteiger partial charge in [0.25, 0.3) is 7.75 Å². The molecule has 0 aromatic carbocycles.